The summed E-state index contributed by atoms with van der Waals surface area (Å²) >= 11 is 0. The van der Waals surface area contributed by atoms with Crippen LogP contribution in [0.1, 0.15) is 27.7 Å². The van der Waals surface area contributed by atoms with Crippen molar-refractivity contribution >= 4 is 5.97 Å². The highest BCUT2D eigenvalue weighted by molar-refractivity contribution is 5.84. The molecule has 114 valence electrons. The quantitative estimate of drug-likeness (QED) is 0.569. The molecule has 6 nitrogen and oxygen atoms in total. The second kappa shape index (κ2) is 12.1. The van der Waals surface area contributed by atoms with E-state index in [0.717, 1.165) is 0 Å². The molecule has 0 fully saturated rings. The number of ether oxygens (including phenoxy) is 2. The van der Waals surface area contributed by atoms with Crippen molar-refractivity contribution in [2.24, 2.45) is 0 Å². The van der Waals surface area contributed by atoms with Gasteiger partial charge in [0.15, 0.2) is 0 Å². The van der Waals surface area contributed by atoms with Gasteiger partial charge in [0.1, 0.15) is 0 Å². The van der Waals surface area contributed by atoms with Crippen LogP contribution >= 0.6 is 0 Å². The maximum atomic E-state index is 9.60. The highest BCUT2D eigenvalue weighted by Crippen LogP contribution is 1.97. The average molecular weight is 278 g/mol. The molecule has 0 aliphatic rings. The zero-order chi connectivity index (χ0) is 15.4. The van der Waals surface area contributed by atoms with E-state index in [0.29, 0.717) is 13.2 Å². The molecule has 0 aromatic rings. The van der Waals surface area contributed by atoms with Gasteiger partial charge < -0.3 is 24.8 Å². The number of hydrogen-bond donors (Lipinski definition) is 3. The molecule has 3 N–H and O–H groups in total. The van der Waals surface area contributed by atoms with Crippen LogP contribution in [-0.4, -0.2) is 59.4 Å². The van der Waals surface area contributed by atoms with Gasteiger partial charge in [-0.25, -0.2) is 4.79 Å². The molecule has 0 heterocycles. The summed E-state index contributed by atoms with van der Waals surface area (Å²) in [7, 11) is 0. The van der Waals surface area contributed by atoms with E-state index in [-0.39, 0.29) is 24.4 Å². The van der Waals surface area contributed by atoms with Gasteiger partial charge in [0, 0.05) is 5.57 Å². The van der Waals surface area contributed by atoms with Gasteiger partial charge in [0.25, 0.3) is 0 Å². The van der Waals surface area contributed by atoms with Gasteiger partial charge in [-0.3, -0.25) is 0 Å². The number of aliphatic carboxylic acids is 1. The minimum atomic E-state index is -0.935. The fraction of sp³-hybridized carbons (Fsp3) is 0.769. The van der Waals surface area contributed by atoms with Crippen molar-refractivity contribution in [1.82, 2.24) is 0 Å². The van der Waals surface area contributed by atoms with Gasteiger partial charge in [-0.2, -0.15) is 0 Å². The Kier molecular flexibility index (Phi) is 13.0. The van der Waals surface area contributed by atoms with Crippen LogP contribution in [0.3, 0.4) is 0 Å². The summed E-state index contributed by atoms with van der Waals surface area (Å²) in [6, 6.07) is 0. The molecule has 0 radical (unpaired) electrons. The van der Waals surface area contributed by atoms with Crippen molar-refractivity contribution in [1.29, 1.82) is 0 Å². The van der Waals surface area contributed by atoms with E-state index in [1.54, 1.807) is 13.8 Å². The average Bonchev–Trinajstić information content (AvgIpc) is 2.33. The monoisotopic (exact) mass is 278 g/mol. The van der Waals surface area contributed by atoms with E-state index in [9.17, 15) is 4.79 Å². The summed E-state index contributed by atoms with van der Waals surface area (Å²) in [5, 5.41) is 25.5. The van der Waals surface area contributed by atoms with E-state index < -0.39 is 12.1 Å². The number of carbonyl (C=O) groups is 1. The minimum absolute atomic E-state index is 0.0170. The molecule has 3 unspecified atom stereocenters. The topological polar surface area (TPSA) is 96.2 Å². The lowest BCUT2D eigenvalue weighted by atomic mass is 10.4. The lowest BCUT2D eigenvalue weighted by molar-refractivity contribution is -0.132. The van der Waals surface area contributed by atoms with Gasteiger partial charge in [-0.1, -0.05) is 6.58 Å². The Bertz CT molecular complexity index is 240. The first kappa shape index (κ1) is 20.4. The van der Waals surface area contributed by atoms with E-state index in [2.05, 4.69) is 6.58 Å². The Morgan fingerprint density at radius 3 is 1.89 bits per heavy atom. The van der Waals surface area contributed by atoms with Gasteiger partial charge in [-0.15, -0.1) is 0 Å². The smallest absolute Gasteiger partial charge is 0.330 e. The second-order valence-corrected chi connectivity index (χ2v) is 4.40. The van der Waals surface area contributed by atoms with E-state index in [1.165, 1.54) is 6.92 Å². The van der Waals surface area contributed by atoms with Gasteiger partial charge in [-0.05, 0) is 27.7 Å². The maximum Gasteiger partial charge on any atom is 0.330 e. The van der Waals surface area contributed by atoms with E-state index in [4.69, 9.17) is 24.8 Å². The molecule has 0 saturated heterocycles. The first-order valence-corrected chi connectivity index (χ1v) is 6.11. The molecule has 0 rings (SSSR count). The molecule has 0 aromatic heterocycles. The van der Waals surface area contributed by atoms with Crippen molar-refractivity contribution in [3.05, 3.63) is 12.2 Å². The van der Waals surface area contributed by atoms with Crippen LogP contribution in [0.2, 0.25) is 0 Å². The summed E-state index contributed by atoms with van der Waals surface area (Å²) in [6.45, 7) is 10.7. The zero-order valence-corrected chi connectivity index (χ0v) is 12.1. The molecular formula is C13H26O6. The molecule has 0 aliphatic heterocycles. The standard InChI is InChI=1S/C9H20O4.C4H6O2/c1-7(11)5-12-9(3)6-13-8(2)4-10;1-3(2)4(5)6/h7-11H,4-6H2,1-3H3;1H2,2H3,(H,5,6). The molecular weight excluding hydrogens is 252 g/mol. The molecule has 19 heavy (non-hydrogen) atoms. The molecule has 6 heteroatoms. The number of carboxylic acid groups (broad SMARTS) is 1. The highest BCUT2D eigenvalue weighted by Gasteiger charge is 2.06. The number of rotatable bonds is 8. The Morgan fingerprint density at radius 1 is 1.16 bits per heavy atom. The summed E-state index contributed by atoms with van der Waals surface area (Å²) in [5.41, 5.74) is 0.176. The lowest BCUT2D eigenvalue weighted by Gasteiger charge is -2.16. The van der Waals surface area contributed by atoms with Crippen LogP contribution < -0.4 is 0 Å². The lowest BCUT2D eigenvalue weighted by Crippen LogP contribution is -2.24. The van der Waals surface area contributed by atoms with Gasteiger partial charge >= 0.3 is 5.97 Å². The Hall–Kier alpha value is -0.950. The Morgan fingerprint density at radius 2 is 1.58 bits per heavy atom. The summed E-state index contributed by atoms with van der Waals surface area (Å²) in [5.74, 6) is -0.935. The molecule has 3 atom stereocenters. The molecule has 0 aromatic carbocycles. The van der Waals surface area contributed by atoms with Crippen LogP contribution in [0.15, 0.2) is 12.2 Å². The summed E-state index contributed by atoms with van der Waals surface area (Å²) < 4.78 is 10.5. The number of hydrogen-bond acceptors (Lipinski definition) is 5. The predicted octanol–water partition coefficient (Wildman–Crippen LogP) is 0.817. The first-order chi connectivity index (χ1) is 8.70. The van der Waals surface area contributed by atoms with Crippen LogP contribution in [0.25, 0.3) is 0 Å². The van der Waals surface area contributed by atoms with Crippen molar-refractivity contribution in [2.75, 3.05) is 19.8 Å². The molecule has 0 saturated carbocycles. The third-order valence-electron chi connectivity index (χ3n) is 1.86. The van der Waals surface area contributed by atoms with Crippen LogP contribution in [0.5, 0.6) is 0 Å². The maximum absolute atomic E-state index is 9.60. The fourth-order valence-corrected chi connectivity index (χ4v) is 0.704. The number of aliphatic hydroxyl groups is 2. The van der Waals surface area contributed by atoms with Crippen molar-refractivity contribution < 1.29 is 29.6 Å². The van der Waals surface area contributed by atoms with Crippen LogP contribution in [0.4, 0.5) is 0 Å². The summed E-state index contributed by atoms with van der Waals surface area (Å²) in [4.78, 5) is 9.60. The minimum Gasteiger partial charge on any atom is -0.478 e. The predicted molar refractivity (Wildman–Crippen MR) is 72.0 cm³/mol. The highest BCUT2D eigenvalue weighted by atomic mass is 16.5. The van der Waals surface area contributed by atoms with E-state index in [1.807, 2.05) is 6.92 Å². The zero-order valence-electron chi connectivity index (χ0n) is 12.1. The third-order valence-corrected chi connectivity index (χ3v) is 1.86. The first-order valence-electron chi connectivity index (χ1n) is 6.11. The molecule has 0 spiro atoms. The SMILES string of the molecule is C=C(C)C(=O)O.CC(O)COC(C)COC(C)CO. The van der Waals surface area contributed by atoms with Crippen LogP contribution in [-0.2, 0) is 14.3 Å². The third kappa shape index (κ3) is 17.1. The van der Waals surface area contributed by atoms with Crippen LogP contribution in [0, 0.1) is 0 Å². The molecule has 0 amide bonds. The van der Waals surface area contributed by atoms with Crippen molar-refractivity contribution in [3.8, 4) is 0 Å². The summed E-state index contributed by atoms with van der Waals surface area (Å²) in [6.07, 6.45) is -0.654. The second-order valence-electron chi connectivity index (χ2n) is 4.40. The number of carboxylic acids is 1. The van der Waals surface area contributed by atoms with Crippen molar-refractivity contribution in [3.63, 3.8) is 0 Å². The van der Waals surface area contributed by atoms with Crippen molar-refractivity contribution in [2.45, 2.75) is 46.0 Å². The van der Waals surface area contributed by atoms with Gasteiger partial charge in [0.05, 0.1) is 38.1 Å². The number of aliphatic hydroxyl groups excluding tert-OH is 2. The normalized spacial score (nSPS) is 14.8. The Labute approximate surface area is 114 Å². The van der Waals surface area contributed by atoms with E-state index >= 15 is 0 Å². The molecule has 0 bridgehead atoms. The largest absolute Gasteiger partial charge is 0.478 e. The fourth-order valence-electron chi connectivity index (χ4n) is 0.704. The van der Waals surface area contributed by atoms with Gasteiger partial charge in [0.2, 0.25) is 0 Å². The molecule has 0 aliphatic carbocycles. The Balaban J connectivity index is 0.